The van der Waals surface area contributed by atoms with E-state index in [2.05, 4.69) is 18.0 Å². The molecule has 92 valence electrons. The Labute approximate surface area is 105 Å². The van der Waals surface area contributed by atoms with E-state index in [1.165, 1.54) is 17.2 Å². The maximum atomic E-state index is 13.7. The number of ether oxygens (including phenoxy) is 1. The number of pyridine rings is 1. The second kappa shape index (κ2) is 4.41. The molecule has 1 atom stereocenters. The lowest BCUT2D eigenvalue weighted by Crippen LogP contribution is -2.17. The number of hydrogen-bond donors (Lipinski definition) is 0. The van der Waals surface area contributed by atoms with Gasteiger partial charge in [0, 0.05) is 6.20 Å². The smallest absolute Gasteiger partial charge is 0.148 e. The normalized spacial score (nSPS) is 18.0. The summed E-state index contributed by atoms with van der Waals surface area (Å²) in [6.45, 7) is 2.06. The summed E-state index contributed by atoms with van der Waals surface area (Å²) in [4.78, 5) is 4.09. The topological polar surface area (TPSA) is 22.1 Å². The van der Waals surface area contributed by atoms with E-state index < -0.39 is 0 Å². The van der Waals surface area contributed by atoms with Crippen LogP contribution < -0.4 is 4.74 Å². The van der Waals surface area contributed by atoms with Crippen molar-refractivity contribution in [3.63, 3.8) is 0 Å². The molecular formula is C15H14FNO. The van der Waals surface area contributed by atoms with Gasteiger partial charge in [0.1, 0.15) is 23.4 Å². The first kappa shape index (κ1) is 11.2. The fourth-order valence-corrected chi connectivity index (χ4v) is 2.34. The molecule has 1 aliphatic rings. The predicted octanol–water partition coefficient (Wildman–Crippen LogP) is 3.60. The highest BCUT2D eigenvalue weighted by Gasteiger charge is 2.24. The molecule has 3 heteroatoms. The zero-order valence-electron chi connectivity index (χ0n) is 10.2. The van der Waals surface area contributed by atoms with Crippen molar-refractivity contribution >= 4 is 0 Å². The average Bonchev–Trinajstić information content (AvgIpc) is 2.39. The fraction of sp³-hybridized carbons (Fsp3) is 0.267. The van der Waals surface area contributed by atoms with Gasteiger partial charge in [-0.3, -0.25) is 4.98 Å². The fourth-order valence-electron chi connectivity index (χ4n) is 2.34. The molecule has 18 heavy (non-hydrogen) atoms. The number of fused-ring (bicyclic) bond motifs is 1. The number of nitrogens with zero attached hydrogens (tertiary/aromatic N) is 1. The molecule has 0 bridgehead atoms. The summed E-state index contributed by atoms with van der Waals surface area (Å²) in [7, 11) is 0. The molecule has 1 unspecified atom stereocenters. The minimum absolute atomic E-state index is 0.276. The molecule has 0 radical (unpaired) electrons. The molecule has 0 N–H and O–H groups in total. The molecule has 2 nitrogen and oxygen atoms in total. The van der Waals surface area contributed by atoms with Crippen LogP contribution in [0.1, 0.15) is 29.3 Å². The molecule has 0 spiro atoms. The van der Waals surface area contributed by atoms with Crippen molar-refractivity contribution < 1.29 is 9.13 Å². The van der Waals surface area contributed by atoms with Gasteiger partial charge in [0.2, 0.25) is 0 Å². The Balaban J connectivity index is 1.92. The maximum Gasteiger partial charge on any atom is 0.148 e. The van der Waals surface area contributed by atoms with Crippen LogP contribution in [-0.4, -0.2) is 4.98 Å². The molecule has 0 fully saturated rings. The van der Waals surface area contributed by atoms with Gasteiger partial charge < -0.3 is 4.74 Å². The van der Waals surface area contributed by atoms with Gasteiger partial charge in [-0.15, -0.1) is 0 Å². The van der Waals surface area contributed by atoms with Crippen LogP contribution in [0.25, 0.3) is 0 Å². The first-order valence-electron chi connectivity index (χ1n) is 6.10. The quantitative estimate of drug-likeness (QED) is 0.763. The van der Waals surface area contributed by atoms with Gasteiger partial charge >= 0.3 is 0 Å². The second-order valence-corrected chi connectivity index (χ2v) is 4.63. The highest BCUT2D eigenvalue weighted by molar-refractivity contribution is 5.39. The van der Waals surface area contributed by atoms with Crippen molar-refractivity contribution in [2.45, 2.75) is 25.9 Å². The minimum Gasteiger partial charge on any atom is -0.484 e. The lowest BCUT2D eigenvalue weighted by Gasteiger charge is -2.26. The van der Waals surface area contributed by atoms with Gasteiger partial charge in [-0.1, -0.05) is 17.7 Å². The average molecular weight is 243 g/mol. The van der Waals surface area contributed by atoms with E-state index >= 15 is 0 Å². The summed E-state index contributed by atoms with van der Waals surface area (Å²) in [5, 5.41) is 0. The van der Waals surface area contributed by atoms with Crippen molar-refractivity contribution in [2.75, 3.05) is 0 Å². The molecular weight excluding hydrogens is 229 g/mol. The standard InChI is InChI=1S/C15H14FNO/c1-10-4-6-13-11(9-10)5-7-14(18-13)15-12(16)3-2-8-17-15/h2-4,6,8-9,14H,5,7H2,1H3. The van der Waals surface area contributed by atoms with Gasteiger partial charge in [0.05, 0.1) is 0 Å². The predicted molar refractivity (Wildman–Crippen MR) is 67.1 cm³/mol. The van der Waals surface area contributed by atoms with Crippen molar-refractivity contribution in [1.82, 2.24) is 4.98 Å². The summed E-state index contributed by atoms with van der Waals surface area (Å²) in [5.41, 5.74) is 2.83. The number of benzene rings is 1. The van der Waals surface area contributed by atoms with Crippen LogP contribution in [0.4, 0.5) is 4.39 Å². The van der Waals surface area contributed by atoms with Crippen molar-refractivity contribution in [1.29, 1.82) is 0 Å². The van der Waals surface area contributed by atoms with Gasteiger partial charge in [-0.2, -0.15) is 0 Å². The van der Waals surface area contributed by atoms with E-state index in [1.54, 1.807) is 12.3 Å². The third-order valence-corrected chi connectivity index (χ3v) is 3.25. The Kier molecular flexibility index (Phi) is 2.74. The van der Waals surface area contributed by atoms with E-state index in [-0.39, 0.29) is 11.9 Å². The summed E-state index contributed by atoms with van der Waals surface area (Å²) in [6.07, 6.45) is 3.00. The van der Waals surface area contributed by atoms with Crippen LogP contribution in [-0.2, 0) is 6.42 Å². The zero-order chi connectivity index (χ0) is 12.5. The monoisotopic (exact) mass is 243 g/mol. The Morgan fingerprint density at radius 3 is 3.06 bits per heavy atom. The summed E-state index contributed by atoms with van der Waals surface area (Å²) in [5.74, 6) is 0.556. The van der Waals surface area contributed by atoms with Crippen molar-refractivity contribution in [3.8, 4) is 5.75 Å². The summed E-state index contributed by atoms with van der Waals surface area (Å²) >= 11 is 0. The minimum atomic E-state index is -0.293. The first-order valence-corrected chi connectivity index (χ1v) is 6.10. The first-order chi connectivity index (χ1) is 8.74. The Bertz CT molecular complexity index is 582. The van der Waals surface area contributed by atoms with Gasteiger partial charge in [-0.05, 0) is 43.5 Å². The molecule has 1 aliphatic heterocycles. The third kappa shape index (κ3) is 1.96. The molecule has 0 saturated heterocycles. The Morgan fingerprint density at radius 1 is 1.33 bits per heavy atom. The molecule has 0 aliphatic carbocycles. The van der Waals surface area contributed by atoms with E-state index in [9.17, 15) is 4.39 Å². The highest BCUT2D eigenvalue weighted by atomic mass is 19.1. The summed E-state index contributed by atoms with van der Waals surface area (Å²) < 4.78 is 19.5. The van der Waals surface area contributed by atoms with Gasteiger partial charge in [-0.25, -0.2) is 4.39 Å². The molecule has 2 aromatic rings. The number of hydrogen-bond acceptors (Lipinski definition) is 2. The van der Waals surface area contributed by atoms with E-state index in [4.69, 9.17) is 4.74 Å². The van der Waals surface area contributed by atoms with Crippen LogP contribution >= 0.6 is 0 Å². The largest absolute Gasteiger partial charge is 0.484 e. The number of rotatable bonds is 1. The van der Waals surface area contributed by atoms with E-state index in [0.717, 1.165) is 18.6 Å². The van der Waals surface area contributed by atoms with Crippen LogP contribution in [0, 0.1) is 12.7 Å². The number of aryl methyl sites for hydroxylation is 2. The molecule has 3 rings (SSSR count). The van der Waals surface area contributed by atoms with E-state index in [0.29, 0.717) is 5.69 Å². The molecule has 2 heterocycles. The van der Waals surface area contributed by atoms with Crippen LogP contribution in [0.3, 0.4) is 0 Å². The number of halogens is 1. The Morgan fingerprint density at radius 2 is 2.22 bits per heavy atom. The number of aromatic nitrogens is 1. The van der Waals surface area contributed by atoms with Crippen molar-refractivity contribution in [3.05, 3.63) is 59.2 Å². The molecule has 1 aromatic carbocycles. The molecule has 0 amide bonds. The third-order valence-electron chi connectivity index (χ3n) is 3.25. The Hall–Kier alpha value is -1.90. The van der Waals surface area contributed by atoms with Crippen LogP contribution in [0.2, 0.25) is 0 Å². The molecule has 1 aromatic heterocycles. The summed E-state index contributed by atoms with van der Waals surface area (Å²) in [6, 6.07) is 9.11. The zero-order valence-corrected chi connectivity index (χ0v) is 10.2. The van der Waals surface area contributed by atoms with Crippen LogP contribution in [0.15, 0.2) is 36.5 Å². The van der Waals surface area contributed by atoms with Crippen molar-refractivity contribution in [2.24, 2.45) is 0 Å². The van der Waals surface area contributed by atoms with Gasteiger partial charge in [0.15, 0.2) is 0 Å². The van der Waals surface area contributed by atoms with Gasteiger partial charge in [0.25, 0.3) is 0 Å². The lowest BCUT2D eigenvalue weighted by atomic mass is 9.98. The lowest BCUT2D eigenvalue weighted by molar-refractivity contribution is 0.167. The second-order valence-electron chi connectivity index (χ2n) is 4.63. The maximum absolute atomic E-state index is 13.7. The van der Waals surface area contributed by atoms with E-state index in [1.807, 2.05) is 12.1 Å². The SMILES string of the molecule is Cc1ccc2c(c1)CCC(c1ncccc1F)O2. The van der Waals surface area contributed by atoms with Crippen LogP contribution in [0.5, 0.6) is 5.75 Å². The highest BCUT2D eigenvalue weighted by Crippen LogP contribution is 2.35. The molecule has 0 saturated carbocycles.